The molecule has 0 unspecified atom stereocenters. The second kappa shape index (κ2) is 9.66. The van der Waals surface area contributed by atoms with Gasteiger partial charge in [0, 0.05) is 6.20 Å². The summed E-state index contributed by atoms with van der Waals surface area (Å²) in [6.45, 7) is 0.420. The summed E-state index contributed by atoms with van der Waals surface area (Å²) in [6, 6.07) is 18.6. The fraction of sp³-hybridized carbons (Fsp3) is 0.0952. The van der Waals surface area contributed by atoms with Crippen molar-refractivity contribution in [2.24, 2.45) is 5.10 Å². The summed E-state index contributed by atoms with van der Waals surface area (Å²) in [6.07, 6.45) is 3.07. The number of halogens is 1. The van der Waals surface area contributed by atoms with E-state index in [9.17, 15) is 4.79 Å². The number of hydrogen-bond donors (Lipinski definition) is 1. The predicted molar refractivity (Wildman–Crippen MR) is 111 cm³/mol. The molecule has 1 aromatic heterocycles. The third kappa shape index (κ3) is 5.17. The van der Waals surface area contributed by atoms with Crippen LogP contribution >= 0.6 is 15.9 Å². The Balaban J connectivity index is 1.69. The first-order valence-electron chi connectivity index (χ1n) is 8.46. The maximum absolute atomic E-state index is 12.0. The highest BCUT2D eigenvalue weighted by Gasteiger charge is 2.12. The van der Waals surface area contributed by atoms with Crippen LogP contribution in [0.25, 0.3) is 0 Å². The molecule has 3 rings (SSSR count). The molecule has 142 valence electrons. The van der Waals surface area contributed by atoms with Crippen molar-refractivity contribution in [2.75, 3.05) is 7.11 Å². The summed E-state index contributed by atoms with van der Waals surface area (Å²) >= 11 is 3.51. The lowest BCUT2D eigenvalue weighted by Gasteiger charge is -2.13. The van der Waals surface area contributed by atoms with Gasteiger partial charge in [-0.3, -0.25) is 9.78 Å². The SMILES string of the molecule is COc1cc(/C=N/NC(=O)c2ccccn2)cc(Br)c1OCc1ccccc1. The molecule has 0 saturated heterocycles. The molecule has 28 heavy (non-hydrogen) atoms. The molecule has 0 spiro atoms. The molecule has 0 atom stereocenters. The molecule has 0 fully saturated rings. The van der Waals surface area contributed by atoms with Gasteiger partial charge in [0.25, 0.3) is 5.91 Å². The van der Waals surface area contributed by atoms with Gasteiger partial charge in [-0.25, -0.2) is 5.43 Å². The van der Waals surface area contributed by atoms with Gasteiger partial charge in [-0.2, -0.15) is 5.10 Å². The summed E-state index contributed by atoms with van der Waals surface area (Å²) in [7, 11) is 1.57. The number of aromatic nitrogens is 1. The van der Waals surface area contributed by atoms with Crippen LogP contribution in [0.15, 0.2) is 76.4 Å². The number of hydrogen-bond acceptors (Lipinski definition) is 5. The molecule has 0 saturated carbocycles. The third-order valence-corrected chi connectivity index (χ3v) is 4.34. The number of rotatable bonds is 7. The van der Waals surface area contributed by atoms with Crippen molar-refractivity contribution in [2.45, 2.75) is 6.61 Å². The third-order valence-electron chi connectivity index (χ3n) is 3.76. The van der Waals surface area contributed by atoms with Crippen molar-refractivity contribution in [3.63, 3.8) is 0 Å². The Morgan fingerprint density at radius 2 is 1.96 bits per heavy atom. The smallest absolute Gasteiger partial charge is 0.289 e. The fourth-order valence-electron chi connectivity index (χ4n) is 2.40. The monoisotopic (exact) mass is 439 g/mol. The summed E-state index contributed by atoms with van der Waals surface area (Å²) in [5.74, 6) is 0.773. The van der Waals surface area contributed by atoms with Crippen LogP contribution in [0.1, 0.15) is 21.6 Å². The van der Waals surface area contributed by atoms with Gasteiger partial charge in [0.2, 0.25) is 0 Å². The molecule has 3 aromatic rings. The maximum Gasteiger partial charge on any atom is 0.289 e. The molecule has 0 aliphatic heterocycles. The number of carbonyl (C=O) groups excluding carboxylic acids is 1. The summed E-state index contributed by atoms with van der Waals surface area (Å²) in [4.78, 5) is 15.9. The van der Waals surface area contributed by atoms with Crippen molar-refractivity contribution < 1.29 is 14.3 Å². The highest BCUT2D eigenvalue weighted by Crippen LogP contribution is 2.36. The molecule has 1 N–H and O–H groups in total. The molecule has 0 radical (unpaired) electrons. The quantitative estimate of drug-likeness (QED) is 0.442. The summed E-state index contributed by atoms with van der Waals surface area (Å²) in [5.41, 5.74) is 4.53. The first-order chi connectivity index (χ1) is 13.7. The van der Waals surface area contributed by atoms with E-state index in [1.807, 2.05) is 36.4 Å². The second-order valence-corrected chi connectivity index (χ2v) is 6.58. The van der Waals surface area contributed by atoms with Crippen molar-refractivity contribution >= 4 is 28.1 Å². The Bertz CT molecular complexity index is 963. The van der Waals surface area contributed by atoms with E-state index in [4.69, 9.17) is 9.47 Å². The zero-order valence-electron chi connectivity index (χ0n) is 15.1. The second-order valence-electron chi connectivity index (χ2n) is 5.72. The number of ether oxygens (including phenoxy) is 2. The summed E-state index contributed by atoms with van der Waals surface area (Å²) in [5, 5.41) is 3.98. The lowest BCUT2D eigenvalue weighted by atomic mass is 10.2. The summed E-state index contributed by atoms with van der Waals surface area (Å²) < 4.78 is 12.1. The number of nitrogens with zero attached hydrogens (tertiary/aromatic N) is 2. The minimum atomic E-state index is -0.384. The Hall–Kier alpha value is -3.19. The van der Waals surface area contributed by atoms with E-state index < -0.39 is 0 Å². The Morgan fingerprint density at radius 1 is 1.18 bits per heavy atom. The molecule has 0 aliphatic rings. The minimum absolute atomic E-state index is 0.295. The average Bonchev–Trinajstić information content (AvgIpc) is 2.74. The molecular weight excluding hydrogens is 422 g/mol. The lowest BCUT2D eigenvalue weighted by molar-refractivity contribution is 0.0950. The number of hydrazone groups is 1. The van der Waals surface area contributed by atoms with Crippen LogP contribution in [0.4, 0.5) is 0 Å². The van der Waals surface area contributed by atoms with Crippen LogP contribution in [0, 0.1) is 0 Å². The Labute approximate surface area is 171 Å². The van der Waals surface area contributed by atoms with E-state index >= 15 is 0 Å². The largest absolute Gasteiger partial charge is 0.493 e. The van der Waals surface area contributed by atoms with Crippen LogP contribution in [0.5, 0.6) is 11.5 Å². The normalized spacial score (nSPS) is 10.6. The fourth-order valence-corrected chi connectivity index (χ4v) is 2.98. The van der Waals surface area contributed by atoms with E-state index in [0.717, 1.165) is 15.6 Å². The van der Waals surface area contributed by atoms with E-state index in [2.05, 4.69) is 31.4 Å². The minimum Gasteiger partial charge on any atom is -0.493 e. The van der Waals surface area contributed by atoms with Crippen LogP contribution in [-0.2, 0) is 6.61 Å². The van der Waals surface area contributed by atoms with E-state index in [1.54, 1.807) is 37.6 Å². The molecule has 0 bridgehead atoms. The zero-order chi connectivity index (χ0) is 19.8. The van der Waals surface area contributed by atoms with Crippen molar-refractivity contribution in [1.82, 2.24) is 10.4 Å². The van der Waals surface area contributed by atoms with E-state index in [-0.39, 0.29) is 5.91 Å². The van der Waals surface area contributed by atoms with Crippen molar-refractivity contribution in [3.8, 4) is 11.5 Å². The van der Waals surface area contributed by atoms with Gasteiger partial charge in [-0.15, -0.1) is 0 Å². The van der Waals surface area contributed by atoms with Gasteiger partial charge >= 0.3 is 0 Å². The number of amides is 1. The van der Waals surface area contributed by atoms with E-state index in [0.29, 0.717) is 23.8 Å². The Kier molecular flexibility index (Phi) is 6.75. The number of benzene rings is 2. The first-order valence-corrected chi connectivity index (χ1v) is 9.25. The van der Waals surface area contributed by atoms with Crippen LogP contribution in [-0.4, -0.2) is 24.2 Å². The molecular formula is C21H18BrN3O3. The molecule has 6 nitrogen and oxygen atoms in total. The zero-order valence-corrected chi connectivity index (χ0v) is 16.7. The number of carbonyl (C=O) groups is 1. The van der Waals surface area contributed by atoms with Gasteiger partial charge < -0.3 is 9.47 Å². The molecule has 2 aromatic carbocycles. The highest BCUT2D eigenvalue weighted by atomic mass is 79.9. The standard InChI is InChI=1S/C21H18BrN3O3/c1-27-19-12-16(13-24-25-21(26)18-9-5-6-10-23-18)11-17(22)20(19)28-14-15-7-3-2-4-8-15/h2-13H,14H2,1H3,(H,25,26)/b24-13+. The molecule has 1 amide bonds. The molecule has 0 aliphatic carbocycles. The van der Waals surface area contributed by atoms with Crippen LogP contribution < -0.4 is 14.9 Å². The Morgan fingerprint density at radius 3 is 2.68 bits per heavy atom. The van der Waals surface area contributed by atoms with Gasteiger partial charge in [0.05, 0.1) is 17.8 Å². The van der Waals surface area contributed by atoms with Crippen molar-refractivity contribution in [3.05, 3.63) is 88.2 Å². The molecule has 7 heteroatoms. The lowest BCUT2D eigenvalue weighted by Crippen LogP contribution is -2.18. The number of nitrogens with one attached hydrogen (secondary N) is 1. The van der Waals surface area contributed by atoms with Crippen molar-refractivity contribution in [1.29, 1.82) is 0 Å². The first kappa shape index (κ1) is 19.6. The number of pyridine rings is 1. The van der Waals surface area contributed by atoms with Gasteiger partial charge in [0.15, 0.2) is 11.5 Å². The van der Waals surface area contributed by atoms with Crippen LogP contribution in [0.2, 0.25) is 0 Å². The van der Waals surface area contributed by atoms with Gasteiger partial charge in [-0.05, 0) is 51.3 Å². The van der Waals surface area contributed by atoms with Gasteiger partial charge in [-0.1, -0.05) is 36.4 Å². The van der Waals surface area contributed by atoms with Gasteiger partial charge in [0.1, 0.15) is 12.3 Å². The van der Waals surface area contributed by atoms with E-state index in [1.165, 1.54) is 6.21 Å². The predicted octanol–water partition coefficient (Wildman–Crippen LogP) is 4.20. The maximum atomic E-state index is 12.0. The van der Waals surface area contributed by atoms with Crippen LogP contribution in [0.3, 0.4) is 0 Å². The number of methoxy groups -OCH3 is 1. The average molecular weight is 440 g/mol. The topological polar surface area (TPSA) is 72.8 Å². The molecule has 1 heterocycles. The highest BCUT2D eigenvalue weighted by molar-refractivity contribution is 9.10.